The molecule has 0 aromatic heterocycles. The Labute approximate surface area is 66.5 Å². The van der Waals surface area contributed by atoms with Gasteiger partial charge in [0, 0.05) is 11.8 Å². The zero-order valence-corrected chi connectivity index (χ0v) is 7.37. The molecule has 0 aromatic rings. The average molecular weight is 158 g/mol. The summed E-state index contributed by atoms with van der Waals surface area (Å²) in [6.07, 6.45) is 1.17. The first-order valence-electron chi connectivity index (χ1n) is 3.78. The highest BCUT2D eigenvalue weighted by molar-refractivity contribution is 8.14. The van der Waals surface area contributed by atoms with Crippen LogP contribution in [-0.2, 0) is 0 Å². The summed E-state index contributed by atoms with van der Waals surface area (Å²) in [6, 6.07) is 0. The van der Waals surface area contributed by atoms with Gasteiger partial charge in [0.25, 0.3) is 0 Å². The Morgan fingerprint density at radius 2 is 2.60 bits per heavy atom. The fourth-order valence-electron chi connectivity index (χ4n) is 0.806. The highest BCUT2D eigenvalue weighted by atomic mass is 32.2. The topological polar surface area (TPSA) is 24.4 Å². The van der Waals surface area contributed by atoms with Gasteiger partial charge in [-0.15, -0.1) is 0 Å². The number of rotatable bonds is 2. The average Bonchev–Trinajstić information content (AvgIpc) is 2.31. The van der Waals surface area contributed by atoms with Crippen LogP contribution in [0.4, 0.5) is 0 Å². The lowest BCUT2D eigenvalue weighted by Crippen LogP contribution is -2.19. The Morgan fingerprint density at radius 3 is 3.10 bits per heavy atom. The van der Waals surface area contributed by atoms with E-state index in [9.17, 15) is 0 Å². The molecule has 0 saturated heterocycles. The zero-order valence-electron chi connectivity index (χ0n) is 6.55. The molecule has 2 nitrogen and oxygen atoms in total. The summed E-state index contributed by atoms with van der Waals surface area (Å²) in [5, 5.41) is 5.09. The molecule has 0 bridgehead atoms. The van der Waals surface area contributed by atoms with Gasteiger partial charge in [0.15, 0.2) is 5.17 Å². The number of hydrogen-bond donors (Lipinski definition) is 1. The molecule has 3 heteroatoms. The molecule has 0 aliphatic carbocycles. The smallest absolute Gasteiger partial charge is 0.156 e. The van der Waals surface area contributed by atoms with E-state index in [-0.39, 0.29) is 0 Å². The third-order valence-corrected chi connectivity index (χ3v) is 2.38. The number of hydrogen-bond acceptors (Lipinski definition) is 3. The first kappa shape index (κ1) is 7.92. The van der Waals surface area contributed by atoms with Crippen molar-refractivity contribution < 1.29 is 0 Å². The molecular weight excluding hydrogens is 144 g/mol. The number of aliphatic imine (C=N–C) groups is 1. The van der Waals surface area contributed by atoms with Crippen molar-refractivity contribution in [3.8, 4) is 0 Å². The zero-order chi connectivity index (χ0) is 7.40. The molecule has 0 fully saturated rings. The largest absolute Gasteiger partial charge is 0.365 e. The van der Waals surface area contributed by atoms with Crippen molar-refractivity contribution >= 4 is 16.9 Å². The molecule has 0 amide bonds. The summed E-state index contributed by atoms with van der Waals surface area (Å²) in [5.41, 5.74) is 0. The number of nitrogens with one attached hydrogen (secondary N) is 1. The molecule has 58 valence electrons. The molecule has 1 aliphatic rings. The lowest BCUT2D eigenvalue weighted by Gasteiger charge is -2.02. The summed E-state index contributed by atoms with van der Waals surface area (Å²) in [7, 11) is 0. The van der Waals surface area contributed by atoms with Crippen molar-refractivity contribution in [2.24, 2.45) is 4.99 Å². The van der Waals surface area contributed by atoms with Crippen LogP contribution in [0.15, 0.2) is 4.99 Å². The van der Waals surface area contributed by atoms with E-state index in [1.165, 1.54) is 6.42 Å². The van der Waals surface area contributed by atoms with Crippen LogP contribution < -0.4 is 5.32 Å². The summed E-state index contributed by atoms with van der Waals surface area (Å²) in [6.45, 7) is 6.40. The van der Waals surface area contributed by atoms with Crippen LogP contribution in [0.25, 0.3) is 0 Å². The molecule has 10 heavy (non-hydrogen) atoms. The Bertz CT molecular complexity index is 134. The summed E-state index contributed by atoms with van der Waals surface area (Å²) >= 11 is 1.84. The predicted octanol–water partition coefficient (Wildman–Crippen LogP) is 1.48. The van der Waals surface area contributed by atoms with Crippen LogP contribution in [-0.4, -0.2) is 23.5 Å². The van der Waals surface area contributed by atoms with Crippen LogP contribution in [0.2, 0.25) is 0 Å². The van der Waals surface area contributed by atoms with Crippen LogP contribution in [0, 0.1) is 0 Å². The van der Waals surface area contributed by atoms with Crippen LogP contribution in [0.3, 0.4) is 0 Å². The van der Waals surface area contributed by atoms with Gasteiger partial charge in [-0.25, -0.2) is 0 Å². The minimum atomic E-state index is 0.680. The van der Waals surface area contributed by atoms with E-state index in [0.29, 0.717) is 5.25 Å². The Hall–Kier alpha value is -0.180. The molecule has 1 unspecified atom stereocenters. The predicted molar refractivity (Wildman–Crippen MR) is 47.6 cm³/mol. The maximum Gasteiger partial charge on any atom is 0.156 e. The van der Waals surface area contributed by atoms with E-state index in [0.717, 1.165) is 18.3 Å². The van der Waals surface area contributed by atoms with Gasteiger partial charge in [-0.2, -0.15) is 0 Å². The van der Waals surface area contributed by atoms with Crippen molar-refractivity contribution in [2.45, 2.75) is 25.5 Å². The third-order valence-electron chi connectivity index (χ3n) is 1.33. The second-order valence-corrected chi connectivity index (χ2v) is 3.93. The standard InChI is InChI=1S/C7H14N2S/c1-3-4-8-7-9-5-6(2)10-7/h6H,3-5H2,1-2H3,(H,8,9). The maximum atomic E-state index is 4.32. The fourth-order valence-corrected chi connectivity index (χ4v) is 1.67. The van der Waals surface area contributed by atoms with E-state index < -0.39 is 0 Å². The Morgan fingerprint density at radius 1 is 1.80 bits per heavy atom. The highest BCUT2D eigenvalue weighted by Crippen LogP contribution is 2.17. The maximum absolute atomic E-state index is 4.32. The minimum absolute atomic E-state index is 0.680. The van der Waals surface area contributed by atoms with Crippen molar-refractivity contribution in [1.82, 2.24) is 5.32 Å². The van der Waals surface area contributed by atoms with Crippen molar-refractivity contribution in [3.63, 3.8) is 0 Å². The second-order valence-electron chi connectivity index (χ2n) is 2.50. The molecule has 0 aromatic carbocycles. The molecule has 1 heterocycles. The van der Waals surface area contributed by atoms with Crippen LogP contribution >= 0.6 is 11.8 Å². The van der Waals surface area contributed by atoms with Gasteiger partial charge in [0.05, 0.1) is 6.54 Å². The molecule has 1 N–H and O–H groups in total. The molecule has 1 atom stereocenters. The van der Waals surface area contributed by atoms with Crippen molar-refractivity contribution in [3.05, 3.63) is 0 Å². The van der Waals surface area contributed by atoms with Gasteiger partial charge >= 0.3 is 0 Å². The first-order chi connectivity index (χ1) is 4.83. The number of amidine groups is 1. The fraction of sp³-hybridized carbons (Fsp3) is 0.857. The molecule has 0 radical (unpaired) electrons. The van der Waals surface area contributed by atoms with Crippen LogP contribution in [0.5, 0.6) is 0 Å². The van der Waals surface area contributed by atoms with E-state index in [4.69, 9.17) is 0 Å². The van der Waals surface area contributed by atoms with Crippen molar-refractivity contribution in [2.75, 3.05) is 13.1 Å². The van der Waals surface area contributed by atoms with Crippen LogP contribution in [0.1, 0.15) is 20.3 Å². The Kier molecular flexibility index (Phi) is 3.06. The van der Waals surface area contributed by atoms with Gasteiger partial charge < -0.3 is 5.32 Å². The summed E-state index contributed by atoms with van der Waals surface area (Å²) < 4.78 is 0. The summed E-state index contributed by atoms with van der Waals surface area (Å²) in [4.78, 5) is 4.32. The summed E-state index contributed by atoms with van der Waals surface area (Å²) in [5.74, 6) is 0. The Balaban J connectivity index is 2.17. The highest BCUT2D eigenvalue weighted by Gasteiger charge is 2.13. The van der Waals surface area contributed by atoms with Gasteiger partial charge in [0.2, 0.25) is 0 Å². The molecule has 1 aliphatic heterocycles. The molecule has 1 rings (SSSR count). The normalized spacial score (nSPS) is 24.6. The quantitative estimate of drug-likeness (QED) is 0.658. The SMILES string of the molecule is CCCNC1=NCC(C)S1. The van der Waals surface area contributed by atoms with E-state index in [1.54, 1.807) is 0 Å². The third kappa shape index (κ3) is 2.21. The minimum Gasteiger partial charge on any atom is -0.365 e. The van der Waals surface area contributed by atoms with Gasteiger partial charge in [-0.3, -0.25) is 4.99 Å². The van der Waals surface area contributed by atoms with E-state index in [1.807, 2.05) is 11.8 Å². The van der Waals surface area contributed by atoms with Crippen molar-refractivity contribution in [1.29, 1.82) is 0 Å². The monoisotopic (exact) mass is 158 g/mol. The molecular formula is C7H14N2S. The molecule has 0 saturated carbocycles. The molecule has 0 spiro atoms. The second kappa shape index (κ2) is 3.86. The lowest BCUT2D eigenvalue weighted by atomic mass is 10.5. The number of thioether (sulfide) groups is 1. The lowest BCUT2D eigenvalue weighted by molar-refractivity contribution is 0.844. The first-order valence-corrected chi connectivity index (χ1v) is 4.66. The van der Waals surface area contributed by atoms with E-state index in [2.05, 4.69) is 24.2 Å². The van der Waals surface area contributed by atoms with E-state index >= 15 is 0 Å². The van der Waals surface area contributed by atoms with Gasteiger partial charge in [-0.1, -0.05) is 25.6 Å². The van der Waals surface area contributed by atoms with Gasteiger partial charge in [0.1, 0.15) is 0 Å². The van der Waals surface area contributed by atoms with Gasteiger partial charge in [-0.05, 0) is 6.42 Å². The number of nitrogens with zero attached hydrogens (tertiary/aromatic N) is 1.